The molecule has 0 bridgehead atoms. The quantitative estimate of drug-likeness (QED) is 0.859. The first-order chi connectivity index (χ1) is 7.33. The van der Waals surface area contributed by atoms with Gasteiger partial charge in [0.15, 0.2) is 0 Å². The van der Waals surface area contributed by atoms with Crippen molar-refractivity contribution < 1.29 is 5.11 Å². The van der Waals surface area contributed by atoms with E-state index in [1.54, 1.807) is 23.0 Å². The molecule has 0 radical (unpaired) electrons. The lowest BCUT2D eigenvalue weighted by molar-refractivity contribution is 0.152. The zero-order valence-corrected chi connectivity index (χ0v) is 9.67. The van der Waals surface area contributed by atoms with E-state index in [4.69, 9.17) is 5.73 Å². The highest BCUT2D eigenvalue weighted by molar-refractivity contribution is 7.10. The molecular formula is C10H12N2OS2. The van der Waals surface area contributed by atoms with Crippen LogP contribution >= 0.6 is 22.7 Å². The highest BCUT2D eigenvalue weighted by Gasteiger charge is 2.23. The number of thiazole rings is 1. The van der Waals surface area contributed by atoms with Crippen molar-refractivity contribution in [3.05, 3.63) is 39.0 Å². The van der Waals surface area contributed by atoms with Crippen LogP contribution in [0.2, 0.25) is 0 Å². The number of nitrogens with two attached hydrogens (primary N) is 1. The van der Waals surface area contributed by atoms with Crippen LogP contribution in [-0.4, -0.2) is 16.6 Å². The Labute approximate surface area is 96.2 Å². The maximum absolute atomic E-state index is 10.1. The second-order valence-corrected chi connectivity index (χ2v) is 5.10. The fraction of sp³-hybridized carbons (Fsp3) is 0.300. The summed E-state index contributed by atoms with van der Waals surface area (Å²) in [6.45, 7) is 0.444. The van der Waals surface area contributed by atoms with Crippen LogP contribution in [0.1, 0.15) is 21.8 Å². The zero-order chi connectivity index (χ0) is 10.7. The van der Waals surface area contributed by atoms with E-state index in [-0.39, 0.29) is 5.92 Å². The summed E-state index contributed by atoms with van der Waals surface area (Å²) in [5, 5.41) is 12.1. The molecule has 2 unspecified atom stereocenters. The molecule has 0 saturated heterocycles. The van der Waals surface area contributed by atoms with Crippen molar-refractivity contribution in [3.63, 3.8) is 0 Å². The van der Waals surface area contributed by atoms with Gasteiger partial charge < -0.3 is 10.8 Å². The predicted octanol–water partition coefficient (Wildman–Crippen LogP) is 1.98. The fourth-order valence-electron chi connectivity index (χ4n) is 1.47. The molecule has 3 nitrogen and oxygen atoms in total. The Kier molecular flexibility index (Phi) is 3.48. The molecule has 2 rings (SSSR count). The van der Waals surface area contributed by atoms with Gasteiger partial charge in [-0.25, -0.2) is 0 Å². The van der Waals surface area contributed by atoms with E-state index in [9.17, 15) is 5.11 Å². The zero-order valence-electron chi connectivity index (χ0n) is 8.04. The highest BCUT2D eigenvalue weighted by atomic mass is 32.1. The lowest BCUT2D eigenvalue weighted by atomic mass is 10.00. The largest absolute Gasteiger partial charge is 0.387 e. The Balaban J connectivity index is 2.21. The van der Waals surface area contributed by atoms with Gasteiger partial charge in [-0.3, -0.25) is 4.98 Å². The SMILES string of the molecule is NCC(c1cccs1)C(O)c1cncs1. The van der Waals surface area contributed by atoms with Crippen LogP contribution in [0.3, 0.4) is 0 Å². The lowest BCUT2D eigenvalue weighted by Gasteiger charge is -2.18. The van der Waals surface area contributed by atoms with Crippen molar-refractivity contribution in [1.82, 2.24) is 4.98 Å². The van der Waals surface area contributed by atoms with Gasteiger partial charge >= 0.3 is 0 Å². The molecule has 0 aliphatic rings. The lowest BCUT2D eigenvalue weighted by Crippen LogP contribution is -2.18. The van der Waals surface area contributed by atoms with Gasteiger partial charge in [0.25, 0.3) is 0 Å². The molecular weight excluding hydrogens is 228 g/mol. The Morgan fingerprint density at radius 1 is 1.40 bits per heavy atom. The van der Waals surface area contributed by atoms with Crippen LogP contribution < -0.4 is 5.73 Å². The summed E-state index contributed by atoms with van der Waals surface area (Å²) in [7, 11) is 0. The minimum atomic E-state index is -0.541. The molecule has 5 heteroatoms. The molecule has 2 atom stereocenters. The van der Waals surface area contributed by atoms with E-state index >= 15 is 0 Å². The normalized spacial score (nSPS) is 15.1. The second-order valence-electron chi connectivity index (χ2n) is 3.21. The third-order valence-corrected chi connectivity index (χ3v) is 4.14. The Morgan fingerprint density at radius 3 is 2.80 bits per heavy atom. The Bertz CT molecular complexity index is 385. The molecule has 0 spiro atoms. The van der Waals surface area contributed by atoms with Gasteiger partial charge in [0.05, 0.1) is 16.5 Å². The number of aliphatic hydroxyl groups is 1. The topological polar surface area (TPSA) is 59.1 Å². The van der Waals surface area contributed by atoms with Crippen molar-refractivity contribution in [2.24, 2.45) is 5.73 Å². The number of aliphatic hydroxyl groups excluding tert-OH is 1. The minimum Gasteiger partial charge on any atom is -0.387 e. The molecule has 2 aromatic heterocycles. The summed E-state index contributed by atoms with van der Waals surface area (Å²) in [5.74, 6) is -0.0227. The average molecular weight is 240 g/mol. The van der Waals surface area contributed by atoms with E-state index in [0.29, 0.717) is 6.54 Å². The van der Waals surface area contributed by atoms with Crippen LogP contribution in [0.5, 0.6) is 0 Å². The fourth-order valence-corrected chi connectivity index (χ4v) is 3.01. The first-order valence-corrected chi connectivity index (χ1v) is 6.38. The number of nitrogens with zero attached hydrogens (tertiary/aromatic N) is 1. The standard InChI is InChI=1S/C10H12N2OS2/c11-4-7(8-2-1-3-14-8)10(13)9-5-12-6-15-9/h1-3,5-7,10,13H,4,11H2. The van der Waals surface area contributed by atoms with E-state index in [2.05, 4.69) is 4.98 Å². The second kappa shape index (κ2) is 4.85. The summed E-state index contributed by atoms with van der Waals surface area (Å²) in [4.78, 5) is 5.96. The summed E-state index contributed by atoms with van der Waals surface area (Å²) < 4.78 is 0. The van der Waals surface area contributed by atoms with Gasteiger partial charge in [-0.2, -0.15) is 0 Å². The monoisotopic (exact) mass is 240 g/mol. The van der Waals surface area contributed by atoms with Gasteiger partial charge in [-0.1, -0.05) is 6.07 Å². The minimum absolute atomic E-state index is 0.0227. The third kappa shape index (κ3) is 2.26. The molecule has 0 aromatic carbocycles. The summed E-state index contributed by atoms with van der Waals surface area (Å²) in [5.41, 5.74) is 7.42. The molecule has 80 valence electrons. The van der Waals surface area contributed by atoms with Crippen LogP contribution in [0.25, 0.3) is 0 Å². The molecule has 2 aromatic rings. The van der Waals surface area contributed by atoms with Crippen molar-refractivity contribution in [2.45, 2.75) is 12.0 Å². The molecule has 3 N–H and O–H groups in total. The summed E-state index contributed by atoms with van der Waals surface area (Å²) in [6, 6.07) is 3.98. The Morgan fingerprint density at radius 2 is 2.27 bits per heavy atom. The first-order valence-electron chi connectivity index (χ1n) is 4.63. The van der Waals surface area contributed by atoms with Crippen LogP contribution in [0.15, 0.2) is 29.2 Å². The molecule has 15 heavy (non-hydrogen) atoms. The van der Waals surface area contributed by atoms with Gasteiger partial charge in [0, 0.05) is 23.5 Å². The molecule has 0 aliphatic heterocycles. The van der Waals surface area contributed by atoms with E-state index in [1.807, 2.05) is 17.5 Å². The first kappa shape index (κ1) is 10.8. The van der Waals surface area contributed by atoms with Crippen LogP contribution in [-0.2, 0) is 0 Å². The number of hydrogen-bond donors (Lipinski definition) is 2. The molecule has 0 aliphatic carbocycles. The highest BCUT2D eigenvalue weighted by Crippen LogP contribution is 2.33. The van der Waals surface area contributed by atoms with Crippen molar-refractivity contribution >= 4 is 22.7 Å². The molecule has 0 saturated carbocycles. The number of thiophene rings is 1. The Hall–Kier alpha value is -0.750. The van der Waals surface area contributed by atoms with Gasteiger partial charge in [0.1, 0.15) is 0 Å². The van der Waals surface area contributed by atoms with E-state index in [0.717, 1.165) is 9.75 Å². The average Bonchev–Trinajstić information content (AvgIpc) is 2.91. The smallest absolute Gasteiger partial charge is 0.0986 e. The van der Waals surface area contributed by atoms with Crippen LogP contribution in [0, 0.1) is 0 Å². The van der Waals surface area contributed by atoms with Crippen molar-refractivity contribution in [1.29, 1.82) is 0 Å². The molecule has 0 fully saturated rings. The summed E-state index contributed by atoms with van der Waals surface area (Å²) in [6.07, 6.45) is 1.16. The number of hydrogen-bond acceptors (Lipinski definition) is 5. The maximum atomic E-state index is 10.1. The van der Waals surface area contributed by atoms with Gasteiger partial charge in [0.2, 0.25) is 0 Å². The van der Waals surface area contributed by atoms with Gasteiger partial charge in [-0.05, 0) is 11.4 Å². The maximum Gasteiger partial charge on any atom is 0.0986 e. The third-order valence-electron chi connectivity index (χ3n) is 2.29. The van der Waals surface area contributed by atoms with Gasteiger partial charge in [-0.15, -0.1) is 22.7 Å². The molecule has 0 amide bonds. The summed E-state index contributed by atoms with van der Waals surface area (Å²) >= 11 is 3.09. The van der Waals surface area contributed by atoms with E-state index in [1.165, 1.54) is 11.3 Å². The predicted molar refractivity (Wildman–Crippen MR) is 63.2 cm³/mol. The van der Waals surface area contributed by atoms with Crippen LogP contribution in [0.4, 0.5) is 0 Å². The number of aromatic nitrogens is 1. The van der Waals surface area contributed by atoms with Crippen molar-refractivity contribution in [3.8, 4) is 0 Å². The molecule has 2 heterocycles. The van der Waals surface area contributed by atoms with E-state index < -0.39 is 6.10 Å². The number of rotatable bonds is 4. The van der Waals surface area contributed by atoms with Crippen molar-refractivity contribution in [2.75, 3.05) is 6.54 Å².